The molecule has 3 nitrogen and oxygen atoms in total. The standard InChI is InChI=1S/C70H48N2O/c1-69(2)57-26-8-6-20-53(57)55-24-16-22-51(67(55)69)48-38-43-65-61(44-48)70(58-27-9-12-30-62(58)71(63-31-13-10-28-59(63)70)49-39-34-46(35-40-49)45-18-4-3-5-19-45)60-29-11-14-32-64(60)72(65)50-41-36-47(37-42-50)52-23-17-25-56-54-21-7-15-33-66(54)73-68(52)56/h3-44H,1-2H3. The van der Waals surface area contributed by atoms with Gasteiger partial charge in [0.05, 0.1) is 28.2 Å². The summed E-state index contributed by atoms with van der Waals surface area (Å²) in [5.74, 6) is 0. The predicted molar refractivity (Wildman–Crippen MR) is 302 cm³/mol. The minimum absolute atomic E-state index is 0.191. The van der Waals surface area contributed by atoms with Gasteiger partial charge in [0.2, 0.25) is 0 Å². The number of nitrogens with zero attached hydrogens (tertiary/aromatic N) is 2. The van der Waals surface area contributed by atoms with Gasteiger partial charge in [-0.05, 0) is 133 Å². The van der Waals surface area contributed by atoms with Crippen molar-refractivity contribution in [3.63, 3.8) is 0 Å². The van der Waals surface area contributed by atoms with Crippen LogP contribution in [0.5, 0.6) is 0 Å². The second-order valence-corrected chi connectivity index (χ2v) is 20.3. The van der Waals surface area contributed by atoms with Gasteiger partial charge < -0.3 is 14.2 Å². The fraction of sp³-hybridized carbons (Fsp3) is 0.0571. The van der Waals surface area contributed by atoms with Crippen molar-refractivity contribution in [3.8, 4) is 44.5 Å². The van der Waals surface area contributed by atoms with E-state index in [2.05, 4.69) is 272 Å². The summed E-state index contributed by atoms with van der Waals surface area (Å²) in [6.45, 7) is 4.79. The molecule has 15 rings (SSSR count). The van der Waals surface area contributed by atoms with E-state index in [1.54, 1.807) is 0 Å². The number of rotatable bonds is 5. The molecular formula is C70H48N2O. The zero-order valence-electron chi connectivity index (χ0n) is 40.6. The van der Waals surface area contributed by atoms with Gasteiger partial charge in [-0.15, -0.1) is 0 Å². The van der Waals surface area contributed by atoms with Crippen molar-refractivity contribution in [2.45, 2.75) is 24.7 Å². The van der Waals surface area contributed by atoms with Crippen LogP contribution in [0, 0.1) is 0 Å². The fourth-order valence-electron chi connectivity index (χ4n) is 13.1. The van der Waals surface area contributed by atoms with Crippen LogP contribution in [0.4, 0.5) is 34.1 Å². The van der Waals surface area contributed by atoms with Crippen LogP contribution >= 0.6 is 0 Å². The van der Waals surface area contributed by atoms with Crippen LogP contribution in [0.2, 0.25) is 0 Å². The highest BCUT2D eigenvalue weighted by atomic mass is 16.3. The lowest BCUT2D eigenvalue weighted by atomic mass is 9.59. The molecule has 0 saturated heterocycles. The average molecular weight is 933 g/mol. The van der Waals surface area contributed by atoms with E-state index >= 15 is 0 Å². The van der Waals surface area contributed by atoms with E-state index in [9.17, 15) is 0 Å². The van der Waals surface area contributed by atoms with Crippen molar-refractivity contribution >= 4 is 56.1 Å². The molecule has 0 unspecified atom stereocenters. The molecule has 73 heavy (non-hydrogen) atoms. The molecular weight excluding hydrogens is 885 g/mol. The number of anilines is 6. The molecule has 344 valence electrons. The maximum absolute atomic E-state index is 6.55. The van der Waals surface area contributed by atoms with Gasteiger partial charge in [-0.25, -0.2) is 0 Å². The molecule has 0 fully saturated rings. The van der Waals surface area contributed by atoms with Crippen molar-refractivity contribution in [1.29, 1.82) is 0 Å². The molecule has 0 amide bonds. The Kier molecular flexibility index (Phi) is 8.92. The van der Waals surface area contributed by atoms with Crippen LogP contribution in [-0.2, 0) is 10.8 Å². The van der Waals surface area contributed by atoms with E-state index in [1.165, 1.54) is 66.8 Å². The minimum Gasteiger partial charge on any atom is -0.455 e. The Labute approximate surface area is 425 Å². The Morgan fingerprint density at radius 3 is 1.45 bits per heavy atom. The lowest BCUT2D eigenvalue weighted by molar-refractivity contribution is 0.662. The molecule has 0 radical (unpaired) electrons. The molecule has 0 saturated carbocycles. The molecule has 3 aliphatic rings. The molecule has 12 aromatic rings. The first-order valence-corrected chi connectivity index (χ1v) is 25.4. The SMILES string of the molecule is CC1(C)c2ccccc2-c2cccc(-c3ccc4c(c3)C3(c5ccccc5N(c5ccc(-c6ccccc6)cc5)c5ccccc53)c3ccccc3N4c3ccc(-c4cccc5c4oc4ccccc45)cc3)c21. The van der Waals surface area contributed by atoms with Crippen molar-refractivity contribution in [3.05, 3.63) is 288 Å². The van der Waals surface area contributed by atoms with Crippen LogP contribution in [0.3, 0.4) is 0 Å². The molecule has 0 bridgehead atoms. The quantitative estimate of drug-likeness (QED) is 0.171. The average Bonchev–Trinajstić information content (AvgIpc) is 3.95. The monoisotopic (exact) mass is 932 g/mol. The van der Waals surface area contributed by atoms with E-state index in [1.807, 2.05) is 6.07 Å². The normalized spacial score (nSPS) is 14.3. The maximum atomic E-state index is 6.55. The second kappa shape index (κ2) is 15.7. The zero-order chi connectivity index (χ0) is 48.4. The minimum atomic E-state index is -0.709. The molecule has 1 spiro atoms. The summed E-state index contributed by atoms with van der Waals surface area (Å²) in [6.07, 6.45) is 0. The Morgan fingerprint density at radius 1 is 0.315 bits per heavy atom. The lowest BCUT2D eigenvalue weighted by Crippen LogP contribution is -2.42. The molecule has 0 N–H and O–H groups in total. The summed E-state index contributed by atoms with van der Waals surface area (Å²) in [5.41, 5.74) is 25.2. The van der Waals surface area contributed by atoms with Gasteiger partial charge in [0, 0.05) is 33.1 Å². The Balaban J connectivity index is 0.968. The summed E-state index contributed by atoms with van der Waals surface area (Å²) in [5, 5.41) is 2.26. The first-order valence-electron chi connectivity index (χ1n) is 25.4. The number of furan rings is 1. The number of hydrogen-bond acceptors (Lipinski definition) is 3. The summed E-state index contributed by atoms with van der Waals surface area (Å²) >= 11 is 0. The Hall–Kier alpha value is -9.18. The Morgan fingerprint density at radius 2 is 0.781 bits per heavy atom. The number of hydrogen-bond donors (Lipinski definition) is 0. The molecule has 1 aliphatic carbocycles. The van der Waals surface area contributed by atoms with Gasteiger partial charge in [-0.2, -0.15) is 0 Å². The van der Waals surface area contributed by atoms with Crippen LogP contribution in [0.15, 0.2) is 259 Å². The first kappa shape index (κ1) is 41.6. The van der Waals surface area contributed by atoms with Crippen molar-refractivity contribution < 1.29 is 4.42 Å². The summed E-state index contributed by atoms with van der Waals surface area (Å²) in [4.78, 5) is 4.98. The zero-order valence-corrected chi connectivity index (χ0v) is 40.6. The van der Waals surface area contributed by atoms with Gasteiger partial charge in [0.1, 0.15) is 11.2 Å². The van der Waals surface area contributed by atoms with Crippen LogP contribution in [-0.4, -0.2) is 0 Å². The van der Waals surface area contributed by atoms with E-state index in [-0.39, 0.29) is 5.41 Å². The van der Waals surface area contributed by atoms with Crippen LogP contribution in [0.25, 0.3) is 66.4 Å². The third kappa shape index (κ3) is 5.88. The molecule has 11 aromatic carbocycles. The van der Waals surface area contributed by atoms with Crippen LogP contribution in [0.1, 0.15) is 47.2 Å². The summed E-state index contributed by atoms with van der Waals surface area (Å²) < 4.78 is 6.55. The second-order valence-electron chi connectivity index (χ2n) is 20.3. The van der Waals surface area contributed by atoms with Crippen molar-refractivity contribution in [2.75, 3.05) is 9.80 Å². The summed E-state index contributed by atoms with van der Waals surface area (Å²) in [7, 11) is 0. The van der Waals surface area contributed by atoms with Crippen LogP contribution < -0.4 is 9.80 Å². The first-order chi connectivity index (χ1) is 36.0. The smallest absolute Gasteiger partial charge is 0.143 e. The molecule has 3 heteroatoms. The van der Waals surface area contributed by atoms with Gasteiger partial charge in [0.15, 0.2) is 0 Å². The van der Waals surface area contributed by atoms with E-state index in [4.69, 9.17) is 4.42 Å². The molecule has 0 atom stereocenters. The van der Waals surface area contributed by atoms with E-state index in [0.29, 0.717) is 0 Å². The van der Waals surface area contributed by atoms with Gasteiger partial charge >= 0.3 is 0 Å². The van der Waals surface area contributed by atoms with E-state index < -0.39 is 5.41 Å². The third-order valence-electron chi connectivity index (χ3n) is 16.3. The number of fused-ring (bicyclic) bond motifs is 14. The lowest BCUT2D eigenvalue weighted by Gasteiger charge is -2.51. The number of para-hydroxylation sites is 5. The van der Waals surface area contributed by atoms with Crippen molar-refractivity contribution in [1.82, 2.24) is 0 Å². The summed E-state index contributed by atoms with van der Waals surface area (Å²) in [6, 6.07) is 94.2. The van der Waals surface area contributed by atoms with E-state index in [0.717, 1.165) is 67.2 Å². The molecule has 3 heterocycles. The highest BCUT2D eigenvalue weighted by Gasteiger charge is 2.52. The van der Waals surface area contributed by atoms with Gasteiger partial charge in [-0.3, -0.25) is 0 Å². The molecule has 2 aliphatic heterocycles. The van der Waals surface area contributed by atoms with Gasteiger partial charge in [-0.1, -0.05) is 208 Å². The topological polar surface area (TPSA) is 19.6 Å². The number of benzene rings is 11. The highest BCUT2D eigenvalue weighted by molar-refractivity contribution is 6.09. The largest absolute Gasteiger partial charge is 0.455 e. The van der Waals surface area contributed by atoms with Crippen molar-refractivity contribution in [2.24, 2.45) is 0 Å². The van der Waals surface area contributed by atoms with Gasteiger partial charge in [0.25, 0.3) is 0 Å². The third-order valence-corrected chi connectivity index (χ3v) is 16.3. The highest BCUT2D eigenvalue weighted by Crippen LogP contribution is 2.65. The Bertz CT molecular complexity index is 4130. The molecule has 1 aromatic heterocycles. The predicted octanol–water partition coefficient (Wildman–Crippen LogP) is 18.8. The maximum Gasteiger partial charge on any atom is 0.143 e. The fourth-order valence-corrected chi connectivity index (χ4v) is 13.1.